The molecule has 70 valence electrons. The summed E-state index contributed by atoms with van der Waals surface area (Å²) < 4.78 is 0. The molecule has 1 heterocycles. The largest absolute Gasteiger partial charge is 0.313 e. The third kappa shape index (κ3) is 4.07. The first kappa shape index (κ1) is 10.2. The van der Waals surface area contributed by atoms with E-state index in [1.165, 1.54) is 4.88 Å². The predicted octanol–water partition coefficient (Wildman–Crippen LogP) is 2.18. The molecule has 3 heteroatoms. The zero-order valence-corrected chi connectivity index (χ0v) is 8.60. The zero-order chi connectivity index (χ0) is 9.52. The van der Waals surface area contributed by atoms with Gasteiger partial charge in [-0.25, -0.2) is 0 Å². The smallest absolute Gasteiger partial charge is 0.0638 e. The van der Waals surface area contributed by atoms with Crippen molar-refractivity contribution in [2.45, 2.75) is 25.8 Å². The van der Waals surface area contributed by atoms with Gasteiger partial charge in [0.2, 0.25) is 0 Å². The quantitative estimate of drug-likeness (QED) is 0.780. The van der Waals surface area contributed by atoms with Gasteiger partial charge in [0, 0.05) is 17.5 Å². The summed E-state index contributed by atoms with van der Waals surface area (Å²) in [5.74, 6) is 0. The van der Waals surface area contributed by atoms with Crippen LogP contribution in [0.2, 0.25) is 0 Å². The van der Waals surface area contributed by atoms with Crippen LogP contribution in [0.25, 0.3) is 0 Å². The van der Waals surface area contributed by atoms with Crippen LogP contribution < -0.4 is 5.32 Å². The van der Waals surface area contributed by atoms with E-state index in [1.807, 2.05) is 6.92 Å². The molecule has 1 rings (SSSR count). The molecule has 0 aromatic carbocycles. The van der Waals surface area contributed by atoms with Gasteiger partial charge in [-0.2, -0.15) is 5.26 Å². The Morgan fingerprint density at radius 2 is 2.54 bits per heavy atom. The van der Waals surface area contributed by atoms with E-state index in [-0.39, 0.29) is 0 Å². The van der Waals surface area contributed by atoms with E-state index in [4.69, 9.17) is 5.26 Å². The van der Waals surface area contributed by atoms with Crippen molar-refractivity contribution in [2.75, 3.05) is 6.54 Å². The molecule has 0 radical (unpaired) electrons. The summed E-state index contributed by atoms with van der Waals surface area (Å²) >= 11 is 1.78. The molecule has 0 spiro atoms. The Morgan fingerprint density at radius 1 is 1.69 bits per heavy atom. The molecule has 0 saturated carbocycles. The summed E-state index contributed by atoms with van der Waals surface area (Å²) in [5, 5.41) is 13.8. The van der Waals surface area contributed by atoms with Crippen LogP contribution in [-0.2, 0) is 6.42 Å². The van der Waals surface area contributed by atoms with Crippen LogP contribution in [0.1, 0.15) is 18.2 Å². The minimum atomic E-state index is 0.310. The zero-order valence-electron chi connectivity index (χ0n) is 7.79. The van der Waals surface area contributed by atoms with Crippen LogP contribution in [0.5, 0.6) is 0 Å². The topological polar surface area (TPSA) is 35.8 Å². The first-order chi connectivity index (χ1) is 6.33. The summed E-state index contributed by atoms with van der Waals surface area (Å²) in [5.41, 5.74) is 0. The van der Waals surface area contributed by atoms with Crippen molar-refractivity contribution in [3.8, 4) is 6.07 Å². The molecule has 1 unspecified atom stereocenters. The van der Waals surface area contributed by atoms with Gasteiger partial charge in [0.15, 0.2) is 0 Å². The SMILES string of the molecule is CC(CC#N)NCCc1cccs1. The van der Waals surface area contributed by atoms with Gasteiger partial charge in [-0.1, -0.05) is 6.07 Å². The number of thiophene rings is 1. The molecule has 0 fully saturated rings. The fourth-order valence-electron chi connectivity index (χ4n) is 1.11. The van der Waals surface area contributed by atoms with E-state index >= 15 is 0 Å². The lowest BCUT2D eigenvalue weighted by Crippen LogP contribution is -2.27. The number of nitriles is 1. The van der Waals surface area contributed by atoms with Crippen LogP contribution >= 0.6 is 11.3 Å². The Kier molecular flexibility index (Phi) is 4.52. The first-order valence-corrected chi connectivity index (χ1v) is 5.33. The molecule has 0 saturated heterocycles. The second-order valence-corrected chi connectivity index (χ2v) is 4.08. The number of nitrogens with one attached hydrogen (secondary N) is 1. The van der Waals surface area contributed by atoms with Gasteiger partial charge in [0.25, 0.3) is 0 Å². The van der Waals surface area contributed by atoms with Gasteiger partial charge in [0.05, 0.1) is 12.5 Å². The number of hydrogen-bond acceptors (Lipinski definition) is 3. The van der Waals surface area contributed by atoms with E-state index in [2.05, 4.69) is 28.9 Å². The molecule has 0 amide bonds. The highest BCUT2D eigenvalue weighted by Crippen LogP contribution is 2.08. The molecule has 0 aliphatic carbocycles. The average Bonchev–Trinajstić information content (AvgIpc) is 2.57. The van der Waals surface area contributed by atoms with Gasteiger partial charge in [0.1, 0.15) is 0 Å². The highest BCUT2D eigenvalue weighted by molar-refractivity contribution is 7.09. The Balaban J connectivity index is 2.11. The molecule has 0 bridgehead atoms. The fraction of sp³-hybridized carbons (Fsp3) is 0.500. The molecule has 0 aliphatic rings. The minimum absolute atomic E-state index is 0.310. The highest BCUT2D eigenvalue weighted by Gasteiger charge is 1.99. The van der Waals surface area contributed by atoms with Crippen molar-refractivity contribution in [3.63, 3.8) is 0 Å². The van der Waals surface area contributed by atoms with Crippen molar-refractivity contribution in [1.29, 1.82) is 5.26 Å². The Hall–Kier alpha value is -0.850. The maximum Gasteiger partial charge on any atom is 0.0638 e. The standard InChI is InChI=1S/C10H14N2S/c1-9(4-6-11)12-7-5-10-3-2-8-13-10/h2-3,8-9,12H,4-5,7H2,1H3. The summed E-state index contributed by atoms with van der Waals surface area (Å²) in [7, 11) is 0. The second-order valence-electron chi connectivity index (χ2n) is 3.05. The van der Waals surface area contributed by atoms with Gasteiger partial charge >= 0.3 is 0 Å². The average molecular weight is 194 g/mol. The van der Waals surface area contributed by atoms with Crippen LogP contribution in [0, 0.1) is 11.3 Å². The number of nitrogens with zero attached hydrogens (tertiary/aromatic N) is 1. The van der Waals surface area contributed by atoms with Crippen molar-refractivity contribution in [3.05, 3.63) is 22.4 Å². The maximum absolute atomic E-state index is 8.43. The molecule has 0 aliphatic heterocycles. The second kappa shape index (κ2) is 5.74. The van der Waals surface area contributed by atoms with Crippen LogP contribution in [-0.4, -0.2) is 12.6 Å². The third-order valence-electron chi connectivity index (χ3n) is 1.84. The molecule has 1 aromatic heterocycles. The molecular weight excluding hydrogens is 180 g/mol. The molecule has 2 nitrogen and oxygen atoms in total. The summed E-state index contributed by atoms with van der Waals surface area (Å²) in [6.45, 7) is 3.00. The lowest BCUT2D eigenvalue weighted by molar-refractivity contribution is 0.561. The Bertz CT molecular complexity index is 261. The summed E-state index contributed by atoms with van der Waals surface area (Å²) in [6.07, 6.45) is 1.65. The lowest BCUT2D eigenvalue weighted by atomic mass is 10.2. The predicted molar refractivity (Wildman–Crippen MR) is 55.7 cm³/mol. The molecule has 1 N–H and O–H groups in total. The maximum atomic E-state index is 8.43. The lowest BCUT2D eigenvalue weighted by Gasteiger charge is -2.08. The molecular formula is C10H14N2S. The van der Waals surface area contributed by atoms with Gasteiger partial charge in [-0.15, -0.1) is 11.3 Å². The molecule has 1 aromatic rings. The highest BCUT2D eigenvalue weighted by atomic mass is 32.1. The monoisotopic (exact) mass is 194 g/mol. The van der Waals surface area contributed by atoms with E-state index in [1.54, 1.807) is 11.3 Å². The third-order valence-corrected chi connectivity index (χ3v) is 2.78. The van der Waals surface area contributed by atoms with E-state index < -0.39 is 0 Å². The van der Waals surface area contributed by atoms with Crippen LogP contribution in [0.15, 0.2) is 17.5 Å². The summed E-state index contributed by atoms with van der Waals surface area (Å²) in [4.78, 5) is 1.40. The van der Waals surface area contributed by atoms with Crippen molar-refractivity contribution in [1.82, 2.24) is 5.32 Å². The van der Waals surface area contributed by atoms with Crippen LogP contribution in [0.3, 0.4) is 0 Å². The van der Waals surface area contributed by atoms with Crippen LogP contribution in [0.4, 0.5) is 0 Å². The van der Waals surface area contributed by atoms with E-state index in [0.29, 0.717) is 12.5 Å². The summed E-state index contributed by atoms with van der Waals surface area (Å²) in [6, 6.07) is 6.67. The van der Waals surface area contributed by atoms with Crippen molar-refractivity contribution in [2.24, 2.45) is 0 Å². The van der Waals surface area contributed by atoms with E-state index in [9.17, 15) is 0 Å². The normalized spacial score (nSPS) is 12.3. The first-order valence-electron chi connectivity index (χ1n) is 4.45. The molecule has 1 atom stereocenters. The van der Waals surface area contributed by atoms with E-state index in [0.717, 1.165) is 13.0 Å². The van der Waals surface area contributed by atoms with Gasteiger partial charge < -0.3 is 5.32 Å². The Labute approximate surface area is 83.2 Å². The van der Waals surface area contributed by atoms with Gasteiger partial charge in [-0.3, -0.25) is 0 Å². The van der Waals surface area contributed by atoms with Crippen molar-refractivity contribution < 1.29 is 0 Å². The Morgan fingerprint density at radius 3 is 3.15 bits per heavy atom. The number of rotatable bonds is 5. The fourth-order valence-corrected chi connectivity index (χ4v) is 1.81. The van der Waals surface area contributed by atoms with Gasteiger partial charge in [-0.05, 0) is 24.8 Å². The van der Waals surface area contributed by atoms with Crippen molar-refractivity contribution >= 4 is 11.3 Å². The number of hydrogen-bond donors (Lipinski definition) is 1. The minimum Gasteiger partial charge on any atom is -0.313 e. The molecule has 13 heavy (non-hydrogen) atoms.